The number of amides is 1. The average molecular weight is 290 g/mol. The topological polar surface area (TPSA) is 64.3 Å². The summed E-state index contributed by atoms with van der Waals surface area (Å²) in [7, 11) is 1.36. The first-order valence-corrected chi connectivity index (χ1v) is 6.00. The van der Waals surface area contributed by atoms with Gasteiger partial charge in [-0.1, -0.05) is 12.1 Å². The molecule has 0 radical (unpaired) electrons. The van der Waals surface area contributed by atoms with Crippen molar-refractivity contribution in [3.05, 3.63) is 35.4 Å². The Bertz CT molecular complexity index is 442. The van der Waals surface area contributed by atoms with Crippen LogP contribution in [0.3, 0.4) is 0 Å². The molecule has 3 N–H and O–H groups in total. The third-order valence-corrected chi connectivity index (χ3v) is 2.89. The predicted molar refractivity (Wildman–Crippen MR) is 67.9 cm³/mol. The van der Waals surface area contributed by atoms with Crippen LogP contribution in [0, 0.1) is 0 Å². The summed E-state index contributed by atoms with van der Waals surface area (Å²) in [5.74, 6) is -0.401. The molecule has 0 fully saturated rings. The molecule has 112 valence electrons. The minimum atomic E-state index is -4.37. The molecule has 7 heteroatoms. The van der Waals surface area contributed by atoms with Gasteiger partial charge in [0.1, 0.15) is 6.10 Å². The molecule has 0 heterocycles. The number of halogens is 3. The first-order valence-electron chi connectivity index (χ1n) is 6.00. The van der Waals surface area contributed by atoms with Gasteiger partial charge in [-0.2, -0.15) is 13.2 Å². The molecule has 0 aliphatic heterocycles. The monoisotopic (exact) mass is 290 g/mol. The lowest BCUT2D eigenvalue weighted by Gasteiger charge is -2.19. The lowest BCUT2D eigenvalue weighted by Crippen LogP contribution is -2.41. The summed E-state index contributed by atoms with van der Waals surface area (Å²) >= 11 is 0. The van der Waals surface area contributed by atoms with Crippen LogP contribution in [0.1, 0.15) is 24.1 Å². The smallest absolute Gasteiger partial charge is 0.370 e. The Kier molecular flexibility index (Phi) is 5.52. The molecule has 0 saturated heterocycles. The van der Waals surface area contributed by atoms with Crippen LogP contribution in [-0.4, -0.2) is 25.7 Å². The van der Waals surface area contributed by atoms with E-state index in [1.807, 2.05) is 0 Å². The fourth-order valence-corrected chi connectivity index (χ4v) is 1.66. The molecule has 1 aromatic rings. The Morgan fingerprint density at radius 3 is 2.30 bits per heavy atom. The van der Waals surface area contributed by atoms with Crippen LogP contribution in [0.2, 0.25) is 0 Å². The lowest BCUT2D eigenvalue weighted by molar-refractivity contribution is -0.137. The van der Waals surface area contributed by atoms with Crippen LogP contribution in [-0.2, 0) is 15.7 Å². The van der Waals surface area contributed by atoms with Gasteiger partial charge in [0.05, 0.1) is 11.6 Å². The SMILES string of the molecule is COC(CN)C(=O)NC(C)c1ccc(C(F)(F)F)cc1. The van der Waals surface area contributed by atoms with Crippen molar-refractivity contribution in [3.8, 4) is 0 Å². The van der Waals surface area contributed by atoms with Gasteiger partial charge in [0, 0.05) is 13.7 Å². The van der Waals surface area contributed by atoms with E-state index in [2.05, 4.69) is 5.32 Å². The highest BCUT2D eigenvalue weighted by atomic mass is 19.4. The van der Waals surface area contributed by atoms with E-state index in [1.54, 1.807) is 6.92 Å². The number of methoxy groups -OCH3 is 1. The van der Waals surface area contributed by atoms with Crippen LogP contribution in [0.25, 0.3) is 0 Å². The van der Waals surface area contributed by atoms with Crippen molar-refractivity contribution in [3.63, 3.8) is 0 Å². The second-order valence-corrected chi connectivity index (χ2v) is 4.31. The molecule has 0 aliphatic carbocycles. The molecule has 1 aromatic carbocycles. The zero-order valence-corrected chi connectivity index (χ0v) is 11.2. The molecular formula is C13H17F3N2O2. The highest BCUT2D eigenvalue weighted by Crippen LogP contribution is 2.29. The zero-order valence-electron chi connectivity index (χ0n) is 11.2. The summed E-state index contributed by atoms with van der Waals surface area (Å²) in [5, 5.41) is 2.63. The third-order valence-electron chi connectivity index (χ3n) is 2.89. The van der Waals surface area contributed by atoms with Crippen molar-refractivity contribution in [2.45, 2.75) is 25.2 Å². The van der Waals surface area contributed by atoms with Crippen LogP contribution < -0.4 is 11.1 Å². The molecule has 2 atom stereocenters. The van der Waals surface area contributed by atoms with Gasteiger partial charge in [-0.25, -0.2) is 0 Å². The Morgan fingerprint density at radius 1 is 1.35 bits per heavy atom. The minimum Gasteiger partial charge on any atom is -0.370 e. The van der Waals surface area contributed by atoms with E-state index >= 15 is 0 Å². The maximum atomic E-state index is 12.4. The summed E-state index contributed by atoms with van der Waals surface area (Å²) < 4.78 is 42.2. The number of nitrogens with two attached hydrogens (primary N) is 1. The highest BCUT2D eigenvalue weighted by molar-refractivity contribution is 5.81. The van der Waals surface area contributed by atoms with Gasteiger partial charge in [0.15, 0.2) is 0 Å². The van der Waals surface area contributed by atoms with Crippen LogP contribution in [0.4, 0.5) is 13.2 Å². The average Bonchev–Trinajstić information content (AvgIpc) is 2.39. The van der Waals surface area contributed by atoms with Gasteiger partial charge in [0.25, 0.3) is 5.91 Å². The highest BCUT2D eigenvalue weighted by Gasteiger charge is 2.30. The Labute approximate surface area is 115 Å². The van der Waals surface area contributed by atoms with E-state index in [4.69, 9.17) is 10.5 Å². The van der Waals surface area contributed by atoms with E-state index in [-0.39, 0.29) is 6.54 Å². The second kappa shape index (κ2) is 6.71. The van der Waals surface area contributed by atoms with Crippen molar-refractivity contribution in [1.82, 2.24) is 5.32 Å². The molecule has 0 aliphatic rings. The third kappa shape index (κ3) is 4.21. The standard InChI is InChI=1S/C13H17F3N2O2/c1-8(18-12(19)11(7-17)20-2)9-3-5-10(6-4-9)13(14,15)16/h3-6,8,11H,7,17H2,1-2H3,(H,18,19). The van der Waals surface area contributed by atoms with E-state index in [0.717, 1.165) is 12.1 Å². The van der Waals surface area contributed by atoms with Gasteiger partial charge < -0.3 is 15.8 Å². The number of carbonyl (C=O) groups is 1. The first kappa shape index (κ1) is 16.5. The largest absolute Gasteiger partial charge is 0.416 e. The summed E-state index contributed by atoms with van der Waals surface area (Å²) in [6.45, 7) is 1.70. The normalized spacial score (nSPS) is 14.7. The fourth-order valence-electron chi connectivity index (χ4n) is 1.66. The Balaban J connectivity index is 2.73. The lowest BCUT2D eigenvalue weighted by atomic mass is 10.1. The molecule has 1 rings (SSSR count). The summed E-state index contributed by atoms with van der Waals surface area (Å²) in [6.07, 6.45) is -5.14. The number of rotatable bonds is 5. The predicted octanol–water partition coefficient (Wildman–Crippen LogP) is 1.86. The number of hydrogen-bond acceptors (Lipinski definition) is 3. The van der Waals surface area contributed by atoms with Crippen LogP contribution >= 0.6 is 0 Å². The summed E-state index contributed by atoms with van der Waals surface area (Å²) in [4.78, 5) is 11.7. The van der Waals surface area contributed by atoms with Crippen molar-refractivity contribution >= 4 is 5.91 Å². The van der Waals surface area contributed by atoms with Gasteiger partial charge in [-0.15, -0.1) is 0 Å². The second-order valence-electron chi connectivity index (χ2n) is 4.31. The number of benzene rings is 1. The van der Waals surface area contributed by atoms with Crippen molar-refractivity contribution in [2.75, 3.05) is 13.7 Å². The van der Waals surface area contributed by atoms with Crippen LogP contribution in [0.15, 0.2) is 24.3 Å². The number of hydrogen-bond donors (Lipinski definition) is 2. The molecule has 1 amide bonds. The molecule has 0 saturated carbocycles. The van der Waals surface area contributed by atoms with Crippen molar-refractivity contribution < 1.29 is 22.7 Å². The van der Waals surface area contributed by atoms with E-state index < -0.39 is 29.8 Å². The number of alkyl halides is 3. The quantitative estimate of drug-likeness (QED) is 0.870. The molecule has 4 nitrogen and oxygen atoms in total. The summed E-state index contributed by atoms with van der Waals surface area (Å²) in [6, 6.07) is 4.19. The van der Waals surface area contributed by atoms with Gasteiger partial charge in [0.2, 0.25) is 0 Å². The van der Waals surface area contributed by atoms with Crippen molar-refractivity contribution in [1.29, 1.82) is 0 Å². The van der Waals surface area contributed by atoms with E-state index in [0.29, 0.717) is 5.56 Å². The molecular weight excluding hydrogens is 273 g/mol. The van der Waals surface area contributed by atoms with E-state index in [1.165, 1.54) is 19.2 Å². The molecule has 2 unspecified atom stereocenters. The first-order chi connectivity index (χ1) is 9.29. The van der Waals surface area contributed by atoms with E-state index in [9.17, 15) is 18.0 Å². The van der Waals surface area contributed by atoms with Gasteiger partial charge in [-0.05, 0) is 24.6 Å². The molecule has 20 heavy (non-hydrogen) atoms. The van der Waals surface area contributed by atoms with Crippen molar-refractivity contribution in [2.24, 2.45) is 5.73 Å². The van der Waals surface area contributed by atoms with Gasteiger partial charge >= 0.3 is 6.18 Å². The minimum absolute atomic E-state index is 0.0298. The summed E-state index contributed by atoms with van der Waals surface area (Å²) in [5.41, 5.74) is 5.20. The van der Waals surface area contributed by atoms with Gasteiger partial charge in [-0.3, -0.25) is 4.79 Å². The number of carbonyl (C=O) groups excluding carboxylic acids is 1. The Hall–Kier alpha value is -1.60. The Morgan fingerprint density at radius 2 is 1.90 bits per heavy atom. The maximum Gasteiger partial charge on any atom is 0.416 e. The van der Waals surface area contributed by atoms with Crippen LogP contribution in [0.5, 0.6) is 0 Å². The fraction of sp³-hybridized carbons (Fsp3) is 0.462. The molecule has 0 aromatic heterocycles. The zero-order chi connectivity index (χ0) is 15.3. The molecule has 0 spiro atoms. The maximum absolute atomic E-state index is 12.4. The number of ether oxygens (including phenoxy) is 1. The number of nitrogens with one attached hydrogen (secondary N) is 1. The molecule has 0 bridgehead atoms.